The van der Waals surface area contributed by atoms with Gasteiger partial charge < -0.3 is 10.6 Å². The van der Waals surface area contributed by atoms with Gasteiger partial charge in [-0.1, -0.05) is 12.8 Å². The smallest absolute Gasteiger partial charge is 0.223 e. The van der Waals surface area contributed by atoms with Crippen molar-refractivity contribution < 1.29 is 9.59 Å². The fraction of sp³-hybridized carbons (Fsp3) is 0.882. The number of carbonyl (C=O) groups excluding carboxylic acids is 2. The molecule has 0 radical (unpaired) electrons. The van der Waals surface area contributed by atoms with Crippen LogP contribution in [0.1, 0.15) is 65.7 Å². The molecule has 1 unspecified atom stereocenters. The van der Waals surface area contributed by atoms with Gasteiger partial charge in [0.2, 0.25) is 11.8 Å². The van der Waals surface area contributed by atoms with Gasteiger partial charge >= 0.3 is 0 Å². The highest BCUT2D eigenvalue weighted by molar-refractivity contribution is 5.80. The van der Waals surface area contributed by atoms with Crippen molar-refractivity contribution in [2.45, 2.75) is 77.8 Å². The van der Waals surface area contributed by atoms with Gasteiger partial charge in [0.1, 0.15) is 0 Å². The summed E-state index contributed by atoms with van der Waals surface area (Å²) in [5.41, 5.74) is 0. The van der Waals surface area contributed by atoms with Crippen molar-refractivity contribution in [1.29, 1.82) is 0 Å². The Morgan fingerprint density at radius 1 is 0.952 bits per heavy atom. The van der Waals surface area contributed by atoms with Crippen molar-refractivity contribution in [3.63, 3.8) is 0 Å². The van der Waals surface area contributed by atoms with E-state index in [9.17, 15) is 9.59 Å². The lowest BCUT2D eigenvalue weighted by atomic mass is 9.71. The van der Waals surface area contributed by atoms with Crippen LogP contribution in [0.2, 0.25) is 0 Å². The van der Waals surface area contributed by atoms with Crippen molar-refractivity contribution in [3.05, 3.63) is 0 Å². The van der Waals surface area contributed by atoms with Crippen LogP contribution in [0.4, 0.5) is 0 Å². The third kappa shape index (κ3) is 4.72. The number of rotatable bonds is 6. The van der Waals surface area contributed by atoms with E-state index in [1.807, 2.05) is 13.8 Å². The number of hydrogen-bond donors (Lipinski definition) is 2. The Balaban J connectivity index is 1.63. The maximum Gasteiger partial charge on any atom is 0.223 e. The summed E-state index contributed by atoms with van der Waals surface area (Å²) in [6.45, 7) is 6.08. The molecule has 2 rings (SSSR count). The SMILES string of the molecule is CC(C)NC(=O)C1CC(CC(C)NC(=O)C2CCCC2)C1. The molecule has 0 spiro atoms. The Labute approximate surface area is 128 Å². The Morgan fingerprint density at radius 2 is 1.52 bits per heavy atom. The lowest BCUT2D eigenvalue weighted by molar-refractivity contribution is -0.130. The highest BCUT2D eigenvalue weighted by Crippen LogP contribution is 2.37. The molecule has 4 heteroatoms. The standard InChI is InChI=1S/C17H30N2O2/c1-11(2)18-17(21)15-9-13(10-15)8-12(3)19-16(20)14-6-4-5-7-14/h11-15H,4-10H2,1-3H3,(H,18,21)(H,19,20). The number of nitrogens with one attached hydrogen (secondary N) is 2. The highest BCUT2D eigenvalue weighted by atomic mass is 16.2. The maximum absolute atomic E-state index is 12.1. The van der Waals surface area contributed by atoms with E-state index in [0.29, 0.717) is 5.92 Å². The van der Waals surface area contributed by atoms with Crippen LogP contribution in [0.3, 0.4) is 0 Å². The van der Waals surface area contributed by atoms with E-state index in [1.165, 1.54) is 12.8 Å². The molecule has 2 saturated carbocycles. The normalized spacial score (nSPS) is 27.2. The molecule has 2 amide bonds. The first kappa shape index (κ1) is 16.3. The van der Waals surface area contributed by atoms with Gasteiger partial charge in [0.25, 0.3) is 0 Å². The number of hydrogen-bond acceptors (Lipinski definition) is 2. The lowest BCUT2D eigenvalue weighted by Gasteiger charge is -2.36. The zero-order chi connectivity index (χ0) is 15.4. The molecular weight excluding hydrogens is 264 g/mol. The van der Waals surface area contributed by atoms with Crippen LogP contribution in [0.25, 0.3) is 0 Å². The summed E-state index contributed by atoms with van der Waals surface area (Å²) in [6, 6.07) is 0.457. The van der Waals surface area contributed by atoms with E-state index in [0.717, 1.165) is 32.1 Å². The minimum absolute atomic E-state index is 0.190. The Bertz CT molecular complexity index is 369. The van der Waals surface area contributed by atoms with Crippen molar-refractivity contribution >= 4 is 11.8 Å². The predicted molar refractivity (Wildman–Crippen MR) is 83.7 cm³/mol. The molecule has 120 valence electrons. The van der Waals surface area contributed by atoms with Crippen molar-refractivity contribution in [3.8, 4) is 0 Å². The molecule has 0 aromatic carbocycles. The van der Waals surface area contributed by atoms with Gasteiger partial charge in [0, 0.05) is 23.9 Å². The maximum atomic E-state index is 12.1. The quantitative estimate of drug-likeness (QED) is 0.791. The van der Waals surface area contributed by atoms with Crippen LogP contribution in [0.15, 0.2) is 0 Å². The third-order valence-corrected chi connectivity index (χ3v) is 4.84. The van der Waals surface area contributed by atoms with Gasteiger partial charge in [-0.25, -0.2) is 0 Å². The second-order valence-corrected chi connectivity index (χ2v) is 7.32. The first-order valence-corrected chi connectivity index (χ1v) is 8.56. The van der Waals surface area contributed by atoms with Gasteiger partial charge in [-0.2, -0.15) is 0 Å². The molecule has 2 fully saturated rings. The molecular formula is C17H30N2O2. The summed E-state index contributed by atoms with van der Waals surface area (Å²) in [4.78, 5) is 23.9. The highest BCUT2D eigenvalue weighted by Gasteiger charge is 2.35. The summed E-state index contributed by atoms with van der Waals surface area (Å²) in [5.74, 6) is 1.47. The first-order valence-electron chi connectivity index (χ1n) is 8.56. The number of amides is 2. The summed E-state index contributed by atoms with van der Waals surface area (Å²) in [7, 11) is 0. The van der Waals surface area contributed by atoms with E-state index < -0.39 is 0 Å². The molecule has 0 heterocycles. The lowest BCUT2D eigenvalue weighted by Crippen LogP contribution is -2.44. The molecule has 0 aromatic rings. The summed E-state index contributed by atoms with van der Waals surface area (Å²) >= 11 is 0. The van der Waals surface area contributed by atoms with Gasteiger partial charge in [0.15, 0.2) is 0 Å². The van der Waals surface area contributed by atoms with Crippen molar-refractivity contribution in [2.24, 2.45) is 17.8 Å². The Hall–Kier alpha value is -1.06. The molecule has 4 nitrogen and oxygen atoms in total. The Morgan fingerprint density at radius 3 is 2.10 bits per heavy atom. The molecule has 0 saturated heterocycles. The summed E-state index contributed by atoms with van der Waals surface area (Å²) in [6.07, 6.45) is 7.45. The van der Waals surface area contributed by atoms with Gasteiger partial charge in [-0.15, -0.1) is 0 Å². The minimum atomic E-state index is 0.190. The van der Waals surface area contributed by atoms with Crippen LogP contribution in [0.5, 0.6) is 0 Å². The largest absolute Gasteiger partial charge is 0.354 e. The predicted octanol–water partition coefficient (Wildman–Crippen LogP) is 2.62. The first-order chi connectivity index (χ1) is 9.95. The van der Waals surface area contributed by atoms with Gasteiger partial charge in [0.05, 0.1) is 0 Å². The molecule has 0 aliphatic heterocycles. The fourth-order valence-electron chi connectivity index (χ4n) is 3.65. The molecule has 2 aliphatic carbocycles. The molecule has 2 N–H and O–H groups in total. The van der Waals surface area contributed by atoms with Crippen LogP contribution in [0, 0.1) is 17.8 Å². The number of carbonyl (C=O) groups is 2. The van der Waals surface area contributed by atoms with E-state index in [4.69, 9.17) is 0 Å². The zero-order valence-electron chi connectivity index (χ0n) is 13.7. The molecule has 2 aliphatic rings. The Kier molecular flexibility index (Phi) is 5.65. The fourth-order valence-corrected chi connectivity index (χ4v) is 3.65. The molecule has 21 heavy (non-hydrogen) atoms. The minimum Gasteiger partial charge on any atom is -0.354 e. The summed E-state index contributed by atoms with van der Waals surface area (Å²) in [5, 5.41) is 6.14. The van der Waals surface area contributed by atoms with Crippen LogP contribution < -0.4 is 10.6 Å². The average Bonchev–Trinajstić information content (AvgIpc) is 2.85. The van der Waals surface area contributed by atoms with Crippen molar-refractivity contribution in [2.75, 3.05) is 0 Å². The van der Waals surface area contributed by atoms with Crippen molar-refractivity contribution in [1.82, 2.24) is 10.6 Å². The topological polar surface area (TPSA) is 58.2 Å². The monoisotopic (exact) mass is 294 g/mol. The van der Waals surface area contributed by atoms with Crippen LogP contribution in [-0.4, -0.2) is 23.9 Å². The molecule has 1 atom stereocenters. The molecule has 0 bridgehead atoms. The van der Waals surface area contributed by atoms with E-state index in [1.54, 1.807) is 0 Å². The van der Waals surface area contributed by atoms with Crippen LogP contribution in [-0.2, 0) is 9.59 Å². The zero-order valence-corrected chi connectivity index (χ0v) is 13.7. The van der Waals surface area contributed by atoms with Gasteiger partial charge in [-0.3, -0.25) is 9.59 Å². The molecule has 0 aromatic heterocycles. The van der Waals surface area contributed by atoms with Crippen LogP contribution >= 0.6 is 0 Å². The van der Waals surface area contributed by atoms with E-state index in [-0.39, 0.29) is 35.7 Å². The van der Waals surface area contributed by atoms with Gasteiger partial charge in [-0.05, 0) is 58.8 Å². The second kappa shape index (κ2) is 7.28. The summed E-state index contributed by atoms with van der Waals surface area (Å²) < 4.78 is 0. The van der Waals surface area contributed by atoms with E-state index >= 15 is 0 Å². The average molecular weight is 294 g/mol. The second-order valence-electron chi connectivity index (χ2n) is 7.32. The third-order valence-electron chi connectivity index (χ3n) is 4.84. The van der Waals surface area contributed by atoms with E-state index in [2.05, 4.69) is 17.6 Å².